The molecule has 1 aliphatic carbocycles. The van der Waals surface area contributed by atoms with E-state index >= 15 is 0 Å². The lowest BCUT2D eigenvalue weighted by atomic mass is 9.96. The predicted molar refractivity (Wildman–Crippen MR) is 70.0 cm³/mol. The number of aromatic nitrogens is 1. The van der Waals surface area contributed by atoms with Crippen LogP contribution in [0, 0.1) is 12.8 Å². The van der Waals surface area contributed by atoms with Crippen molar-refractivity contribution in [3.05, 3.63) is 15.6 Å². The van der Waals surface area contributed by atoms with Crippen molar-refractivity contribution in [2.24, 2.45) is 5.92 Å². The van der Waals surface area contributed by atoms with Crippen LogP contribution in [0.4, 0.5) is 0 Å². The molecule has 0 radical (unpaired) electrons. The quantitative estimate of drug-likeness (QED) is 0.852. The number of hydrogen-bond donors (Lipinski definition) is 1. The molecule has 3 heteroatoms. The van der Waals surface area contributed by atoms with Gasteiger partial charge in [-0.25, -0.2) is 4.98 Å². The summed E-state index contributed by atoms with van der Waals surface area (Å²) in [4.78, 5) is 6.23. The van der Waals surface area contributed by atoms with Crippen molar-refractivity contribution in [3.63, 3.8) is 0 Å². The summed E-state index contributed by atoms with van der Waals surface area (Å²) in [7, 11) is 0. The molecule has 0 bridgehead atoms. The Bertz CT molecular complexity index is 368. The van der Waals surface area contributed by atoms with Gasteiger partial charge in [-0.3, -0.25) is 0 Å². The first kappa shape index (κ1) is 12.1. The summed E-state index contributed by atoms with van der Waals surface area (Å²) in [5, 5.41) is 4.95. The van der Waals surface area contributed by atoms with Crippen LogP contribution in [0.2, 0.25) is 0 Å². The largest absolute Gasteiger partial charge is 0.306 e. The third-order valence-electron chi connectivity index (χ3n) is 3.61. The molecule has 2 nitrogen and oxygen atoms in total. The highest BCUT2D eigenvalue weighted by atomic mass is 32.1. The average Bonchev–Trinajstić information content (AvgIpc) is 3.03. The highest BCUT2D eigenvalue weighted by molar-refractivity contribution is 7.11. The molecule has 90 valence electrons. The molecule has 0 aliphatic heterocycles. The zero-order valence-electron chi connectivity index (χ0n) is 10.8. The van der Waals surface area contributed by atoms with Gasteiger partial charge in [-0.2, -0.15) is 0 Å². The molecular weight excluding hydrogens is 216 g/mol. The molecule has 0 aromatic carbocycles. The zero-order valence-corrected chi connectivity index (χ0v) is 11.6. The molecule has 1 aromatic rings. The van der Waals surface area contributed by atoms with E-state index in [4.69, 9.17) is 4.98 Å². The van der Waals surface area contributed by atoms with Crippen LogP contribution < -0.4 is 5.32 Å². The molecule has 1 heterocycles. The lowest BCUT2D eigenvalue weighted by molar-refractivity contribution is 0.324. The Morgan fingerprint density at radius 1 is 1.44 bits per heavy atom. The monoisotopic (exact) mass is 238 g/mol. The second-order valence-electron chi connectivity index (χ2n) is 4.88. The van der Waals surface area contributed by atoms with Gasteiger partial charge in [0.15, 0.2) is 0 Å². The summed E-state index contributed by atoms with van der Waals surface area (Å²) >= 11 is 1.88. The van der Waals surface area contributed by atoms with Gasteiger partial charge >= 0.3 is 0 Å². The fraction of sp³-hybridized carbons (Fsp3) is 0.769. The summed E-state index contributed by atoms with van der Waals surface area (Å²) < 4.78 is 0. The number of hydrogen-bond acceptors (Lipinski definition) is 3. The highest BCUT2D eigenvalue weighted by Gasteiger charge is 2.44. The van der Waals surface area contributed by atoms with E-state index in [0.29, 0.717) is 0 Å². The van der Waals surface area contributed by atoms with Crippen molar-refractivity contribution in [1.82, 2.24) is 10.3 Å². The number of rotatable bonds is 5. The molecule has 0 amide bonds. The van der Waals surface area contributed by atoms with Gasteiger partial charge in [0.2, 0.25) is 0 Å². The van der Waals surface area contributed by atoms with Gasteiger partial charge in [0.1, 0.15) is 5.01 Å². The maximum absolute atomic E-state index is 4.84. The van der Waals surface area contributed by atoms with E-state index in [1.807, 2.05) is 11.3 Å². The summed E-state index contributed by atoms with van der Waals surface area (Å²) in [5.41, 5.74) is 1.40. The van der Waals surface area contributed by atoms with Gasteiger partial charge in [0.25, 0.3) is 0 Å². The minimum atomic E-state index is 0.123. The highest BCUT2D eigenvalue weighted by Crippen LogP contribution is 2.46. The van der Waals surface area contributed by atoms with Crippen molar-refractivity contribution in [3.8, 4) is 0 Å². The van der Waals surface area contributed by atoms with E-state index in [-0.39, 0.29) is 5.54 Å². The standard InChI is InChI=1S/C13H22N2S/c1-5-11-9(3)16-12(15-11)13(4,14-6-2)10-7-8-10/h10,14H,5-8H2,1-4H3. The van der Waals surface area contributed by atoms with Gasteiger partial charge in [-0.15, -0.1) is 11.3 Å². The minimum absolute atomic E-state index is 0.123. The third-order valence-corrected chi connectivity index (χ3v) is 4.86. The van der Waals surface area contributed by atoms with Crippen molar-refractivity contribution < 1.29 is 0 Å². The van der Waals surface area contributed by atoms with Gasteiger partial charge < -0.3 is 5.32 Å². The Morgan fingerprint density at radius 2 is 2.12 bits per heavy atom. The topological polar surface area (TPSA) is 24.9 Å². The fourth-order valence-corrected chi connectivity index (χ4v) is 3.61. The van der Waals surface area contributed by atoms with Gasteiger partial charge in [-0.1, -0.05) is 13.8 Å². The molecule has 0 saturated heterocycles. The van der Waals surface area contributed by atoms with Crippen LogP contribution in [0.15, 0.2) is 0 Å². The summed E-state index contributed by atoms with van der Waals surface area (Å²) in [6, 6.07) is 0. The summed E-state index contributed by atoms with van der Waals surface area (Å²) in [6.45, 7) is 9.91. The first-order valence-corrected chi connectivity index (χ1v) is 7.15. The molecule has 1 unspecified atom stereocenters. The van der Waals surface area contributed by atoms with E-state index in [0.717, 1.165) is 18.9 Å². The molecule has 1 N–H and O–H groups in total. The van der Waals surface area contributed by atoms with E-state index < -0.39 is 0 Å². The molecular formula is C13H22N2S. The fourth-order valence-electron chi connectivity index (χ4n) is 2.40. The summed E-state index contributed by atoms with van der Waals surface area (Å²) in [6.07, 6.45) is 3.75. The molecule has 1 aliphatic rings. The van der Waals surface area contributed by atoms with E-state index in [2.05, 4.69) is 33.0 Å². The lowest BCUT2D eigenvalue weighted by Crippen LogP contribution is -2.41. The smallest absolute Gasteiger partial charge is 0.113 e. The molecule has 2 rings (SSSR count). The second kappa shape index (κ2) is 4.46. The molecule has 0 spiro atoms. The molecule has 1 fully saturated rings. The van der Waals surface area contributed by atoms with Gasteiger partial charge in [-0.05, 0) is 45.6 Å². The van der Waals surface area contributed by atoms with E-state index in [1.165, 1.54) is 28.4 Å². The Hall–Kier alpha value is -0.410. The Kier molecular flexibility index (Phi) is 3.36. The average molecular weight is 238 g/mol. The Morgan fingerprint density at radius 3 is 2.56 bits per heavy atom. The van der Waals surface area contributed by atoms with Crippen LogP contribution in [0.1, 0.15) is 49.2 Å². The lowest BCUT2D eigenvalue weighted by Gasteiger charge is -2.28. The SMILES string of the molecule is CCNC(C)(c1nc(CC)c(C)s1)C1CC1. The van der Waals surface area contributed by atoms with Crippen molar-refractivity contribution in [1.29, 1.82) is 0 Å². The molecule has 1 saturated carbocycles. The Labute approximate surface area is 102 Å². The van der Waals surface area contributed by atoms with Crippen molar-refractivity contribution in [2.45, 2.75) is 52.5 Å². The molecule has 1 aromatic heterocycles. The number of thiazole rings is 1. The van der Waals surface area contributed by atoms with E-state index in [1.54, 1.807) is 0 Å². The normalized spacial score (nSPS) is 19.8. The number of aryl methyl sites for hydroxylation is 2. The first-order valence-electron chi connectivity index (χ1n) is 6.33. The summed E-state index contributed by atoms with van der Waals surface area (Å²) in [5.74, 6) is 0.794. The van der Waals surface area contributed by atoms with Gasteiger partial charge in [0.05, 0.1) is 11.2 Å². The van der Waals surface area contributed by atoms with Crippen LogP contribution >= 0.6 is 11.3 Å². The van der Waals surface area contributed by atoms with Crippen LogP contribution in [0.5, 0.6) is 0 Å². The van der Waals surface area contributed by atoms with E-state index in [9.17, 15) is 0 Å². The second-order valence-corrected chi connectivity index (χ2v) is 6.09. The number of nitrogens with one attached hydrogen (secondary N) is 1. The van der Waals surface area contributed by atoms with Crippen LogP contribution in [0.25, 0.3) is 0 Å². The first-order chi connectivity index (χ1) is 7.61. The molecule has 16 heavy (non-hydrogen) atoms. The van der Waals surface area contributed by atoms with Crippen LogP contribution in [0.3, 0.4) is 0 Å². The third kappa shape index (κ3) is 2.03. The predicted octanol–water partition coefficient (Wildman–Crippen LogP) is 3.25. The maximum Gasteiger partial charge on any atom is 0.113 e. The minimum Gasteiger partial charge on any atom is -0.306 e. The van der Waals surface area contributed by atoms with Gasteiger partial charge in [0, 0.05) is 4.88 Å². The van der Waals surface area contributed by atoms with Crippen molar-refractivity contribution >= 4 is 11.3 Å². The van der Waals surface area contributed by atoms with Crippen LogP contribution in [-0.4, -0.2) is 11.5 Å². The number of nitrogens with zero attached hydrogens (tertiary/aromatic N) is 1. The van der Waals surface area contributed by atoms with Crippen LogP contribution in [-0.2, 0) is 12.0 Å². The Balaban J connectivity index is 2.30. The maximum atomic E-state index is 4.84. The molecule has 1 atom stereocenters. The zero-order chi connectivity index (χ0) is 11.8. The van der Waals surface area contributed by atoms with Crippen molar-refractivity contribution in [2.75, 3.05) is 6.54 Å².